The summed E-state index contributed by atoms with van der Waals surface area (Å²) in [5.74, 6) is 0.301. The highest BCUT2D eigenvalue weighted by Gasteiger charge is 2.49. The molecule has 138 valence electrons. The van der Waals surface area contributed by atoms with Crippen LogP contribution in [0, 0.1) is 11.3 Å². The van der Waals surface area contributed by atoms with E-state index in [1.807, 2.05) is 6.07 Å². The smallest absolute Gasteiger partial charge is 0.260 e. The molecule has 3 heterocycles. The summed E-state index contributed by atoms with van der Waals surface area (Å²) in [6.45, 7) is 0. The van der Waals surface area contributed by atoms with Crippen LogP contribution >= 0.6 is 39.5 Å². The quantitative estimate of drug-likeness (QED) is 0.619. The average molecular weight is 472 g/mol. The fourth-order valence-electron chi connectivity index (χ4n) is 2.67. The van der Waals surface area contributed by atoms with E-state index in [1.165, 1.54) is 29.6 Å². The Balaban J connectivity index is 1.54. The van der Waals surface area contributed by atoms with E-state index < -0.39 is 11.9 Å². The zero-order valence-electron chi connectivity index (χ0n) is 13.4. The van der Waals surface area contributed by atoms with E-state index in [4.69, 9.17) is 10.3 Å². The summed E-state index contributed by atoms with van der Waals surface area (Å²) >= 11 is 6.08. The Hall–Kier alpha value is -1.64. The molecule has 11 heteroatoms. The lowest BCUT2D eigenvalue weighted by molar-refractivity contribution is -0.141. The van der Waals surface area contributed by atoms with Gasteiger partial charge in [0.05, 0.1) is 5.54 Å². The van der Waals surface area contributed by atoms with E-state index in [0.29, 0.717) is 15.9 Å². The fraction of sp³-hybridized carbons (Fsp3) is 0.312. The number of fused-ring (bicyclic) bond motifs is 2. The van der Waals surface area contributed by atoms with Crippen molar-refractivity contribution in [2.45, 2.75) is 35.3 Å². The van der Waals surface area contributed by atoms with E-state index in [2.05, 4.69) is 31.1 Å². The van der Waals surface area contributed by atoms with Gasteiger partial charge in [-0.2, -0.15) is 18.4 Å². The second kappa shape index (κ2) is 6.76. The molecule has 0 bridgehead atoms. The third kappa shape index (κ3) is 3.70. The normalized spacial score (nSPS) is 17.2. The Bertz CT molecular complexity index is 999. The number of nitrogens with zero attached hydrogens (tertiary/aromatic N) is 5. The molecule has 2 aromatic heterocycles. The van der Waals surface area contributed by atoms with Crippen molar-refractivity contribution >= 4 is 43.8 Å². The number of halogens is 4. The van der Waals surface area contributed by atoms with Gasteiger partial charge in [-0.05, 0) is 58.2 Å². The van der Waals surface area contributed by atoms with Gasteiger partial charge in [0.25, 0.3) is 0 Å². The number of aliphatic imine (C=N–C) groups is 1. The second-order valence-corrected chi connectivity index (χ2v) is 9.01. The molecule has 5 nitrogen and oxygen atoms in total. The maximum absolute atomic E-state index is 12.8. The van der Waals surface area contributed by atoms with Crippen molar-refractivity contribution in [1.29, 1.82) is 5.26 Å². The van der Waals surface area contributed by atoms with Gasteiger partial charge in [-0.3, -0.25) is 4.99 Å². The standard InChI is InChI=1S/C16H9BrF3N5S2/c17-12-5-9-13(25-24-12)27-14(23-15(9)3-4-15)26-7-8-1-2-11(16(18,19)20)22-10(8)6-21/h1-2,5H,3-4,7H2. The Kier molecular flexibility index (Phi) is 4.68. The van der Waals surface area contributed by atoms with Crippen molar-refractivity contribution in [1.82, 2.24) is 15.2 Å². The molecular formula is C16H9BrF3N5S2. The number of pyridine rings is 1. The molecule has 1 spiro atoms. The van der Waals surface area contributed by atoms with E-state index in [1.54, 1.807) is 6.07 Å². The van der Waals surface area contributed by atoms with E-state index in [-0.39, 0.29) is 11.2 Å². The van der Waals surface area contributed by atoms with Crippen LogP contribution in [-0.2, 0) is 17.5 Å². The number of thioether (sulfide) groups is 2. The summed E-state index contributed by atoms with van der Waals surface area (Å²) in [6, 6.07) is 5.87. The number of aromatic nitrogens is 3. The first-order valence-corrected chi connectivity index (χ1v) is 10.3. The third-order valence-corrected chi connectivity index (χ3v) is 6.72. The lowest BCUT2D eigenvalue weighted by atomic mass is 10.1. The van der Waals surface area contributed by atoms with E-state index >= 15 is 0 Å². The van der Waals surface area contributed by atoms with Gasteiger partial charge in [-0.1, -0.05) is 17.8 Å². The Labute approximate surface area is 169 Å². The molecule has 1 aliphatic heterocycles. The monoisotopic (exact) mass is 471 g/mol. The van der Waals surface area contributed by atoms with E-state index in [9.17, 15) is 13.2 Å². The van der Waals surface area contributed by atoms with Crippen molar-refractivity contribution in [3.63, 3.8) is 0 Å². The molecule has 27 heavy (non-hydrogen) atoms. The molecule has 1 fully saturated rings. The first-order valence-electron chi connectivity index (χ1n) is 7.72. The summed E-state index contributed by atoms with van der Waals surface area (Å²) < 4.78 is 39.7. The summed E-state index contributed by atoms with van der Waals surface area (Å²) in [4.78, 5) is 8.24. The molecule has 4 rings (SSSR count). The van der Waals surface area contributed by atoms with Crippen LogP contribution in [0.2, 0.25) is 0 Å². The third-order valence-electron chi connectivity index (χ3n) is 4.17. The maximum atomic E-state index is 12.8. The maximum Gasteiger partial charge on any atom is 0.433 e. The fourth-order valence-corrected chi connectivity index (χ4v) is 5.20. The molecular weight excluding hydrogens is 463 g/mol. The molecule has 2 aromatic rings. The molecule has 1 aliphatic carbocycles. The van der Waals surface area contributed by atoms with Crippen LogP contribution in [0.5, 0.6) is 0 Å². The van der Waals surface area contributed by atoms with Crippen LogP contribution in [0.4, 0.5) is 13.2 Å². The van der Waals surface area contributed by atoms with Gasteiger partial charge in [0, 0.05) is 11.3 Å². The van der Waals surface area contributed by atoms with Gasteiger partial charge in [0.2, 0.25) is 0 Å². The molecule has 1 saturated carbocycles. The minimum absolute atomic E-state index is 0.219. The number of rotatable bonds is 2. The van der Waals surface area contributed by atoms with E-state index in [0.717, 1.165) is 33.9 Å². The van der Waals surface area contributed by atoms with Crippen molar-refractivity contribution in [3.8, 4) is 6.07 Å². The average Bonchev–Trinajstić information content (AvgIpc) is 3.39. The van der Waals surface area contributed by atoms with Crippen LogP contribution in [0.15, 0.2) is 32.8 Å². The molecule has 0 amide bonds. The lowest BCUT2D eigenvalue weighted by Gasteiger charge is -2.21. The molecule has 0 N–H and O–H groups in total. The van der Waals surface area contributed by atoms with Gasteiger partial charge in [-0.25, -0.2) is 4.98 Å². The van der Waals surface area contributed by atoms with Crippen molar-refractivity contribution < 1.29 is 13.2 Å². The minimum atomic E-state index is -4.57. The molecule has 2 aliphatic rings. The van der Waals surface area contributed by atoms with Gasteiger partial charge in [-0.15, -0.1) is 10.2 Å². The van der Waals surface area contributed by atoms with Crippen LogP contribution in [0.3, 0.4) is 0 Å². The van der Waals surface area contributed by atoms with Crippen molar-refractivity contribution in [2.75, 3.05) is 0 Å². The highest BCUT2D eigenvalue weighted by molar-refractivity contribution is 9.10. The van der Waals surface area contributed by atoms with Gasteiger partial charge >= 0.3 is 6.18 Å². The molecule has 0 radical (unpaired) electrons. The highest BCUT2D eigenvalue weighted by Crippen LogP contribution is 2.56. The van der Waals surface area contributed by atoms with Crippen LogP contribution < -0.4 is 0 Å². The molecule has 0 unspecified atom stereocenters. The predicted molar refractivity (Wildman–Crippen MR) is 99.2 cm³/mol. The number of hydrogen-bond acceptors (Lipinski definition) is 7. The summed E-state index contributed by atoms with van der Waals surface area (Å²) in [5, 5.41) is 18.2. The Morgan fingerprint density at radius 3 is 2.74 bits per heavy atom. The topological polar surface area (TPSA) is 74.8 Å². The summed E-state index contributed by atoms with van der Waals surface area (Å²) in [7, 11) is 0. The Morgan fingerprint density at radius 2 is 2.07 bits per heavy atom. The van der Waals surface area contributed by atoms with Gasteiger partial charge < -0.3 is 0 Å². The predicted octanol–water partition coefficient (Wildman–Crippen LogP) is 4.91. The summed E-state index contributed by atoms with van der Waals surface area (Å²) in [5.41, 5.74) is -0.0606. The zero-order valence-corrected chi connectivity index (χ0v) is 16.6. The van der Waals surface area contributed by atoms with Crippen LogP contribution in [0.25, 0.3) is 0 Å². The molecule has 0 saturated heterocycles. The number of alkyl halides is 3. The number of nitriles is 1. The first kappa shape index (κ1) is 18.7. The molecule has 0 atom stereocenters. The lowest BCUT2D eigenvalue weighted by Crippen LogP contribution is -2.14. The minimum Gasteiger partial charge on any atom is -0.260 e. The zero-order chi connectivity index (χ0) is 19.2. The largest absolute Gasteiger partial charge is 0.433 e. The number of hydrogen-bond donors (Lipinski definition) is 0. The SMILES string of the molecule is N#Cc1nc(C(F)(F)F)ccc1CSC1=NC2(CC2)c2cc(Br)nnc2S1. The van der Waals surface area contributed by atoms with Gasteiger partial charge in [0.15, 0.2) is 0 Å². The first-order chi connectivity index (χ1) is 12.8. The highest BCUT2D eigenvalue weighted by atomic mass is 79.9. The van der Waals surface area contributed by atoms with Gasteiger partial charge in [0.1, 0.15) is 31.5 Å². The van der Waals surface area contributed by atoms with Crippen molar-refractivity contribution in [2.24, 2.45) is 4.99 Å². The van der Waals surface area contributed by atoms with Crippen molar-refractivity contribution in [3.05, 3.63) is 45.3 Å². The summed E-state index contributed by atoms with van der Waals surface area (Å²) in [6.07, 6.45) is -2.72. The second-order valence-electron chi connectivity index (χ2n) is 6.00. The van der Waals surface area contributed by atoms with Crippen LogP contribution in [-0.4, -0.2) is 19.6 Å². The Morgan fingerprint density at radius 1 is 1.30 bits per heavy atom. The van der Waals surface area contributed by atoms with Crippen LogP contribution in [0.1, 0.15) is 35.4 Å². The molecule has 0 aromatic carbocycles.